The lowest BCUT2D eigenvalue weighted by molar-refractivity contribution is -0.121. The lowest BCUT2D eigenvalue weighted by Gasteiger charge is -2.12. The van der Waals surface area contributed by atoms with E-state index in [1.807, 2.05) is 54.6 Å². The van der Waals surface area contributed by atoms with E-state index in [4.69, 9.17) is 0 Å². The van der Waals surface area contributed by atoms with Crippen molar-refractivity contribution < 1.29 is 9.59 Å². The fraction of sp³-hybridized carbons (Fsp3) is 0.333. The second kappa shape index (κ2) is 7.97. The topological polar surface area (TPSA) is 58.2 Å². The SMILES string of the molecule is C[C@H](CC(=O)NCc1cccc(NC(=O)C2CC2)c1)c1ccccc1. The van der Waals surface area contributed by atoms with Crippen LogP contribution < -0.4 is 10.6 Å². The van der Waals surface area contributed by atoms with E-state index >= 15 is 0 Å². The largest absolute Gasteiger partial charge is 0.352 e. The van der Waals surface area contributed by atoms with Crippen molar-refractivity contribution in [1.29, 1.82) is 0 Å². The number of anilines is 1. The summed E-state index contributed by atoms with van der Waals surface area (Å²) in [5.74, 6) is 0.495. The summed E-state index contributed by atoms with van der Waals surface area (Å²) in [4.78, 5) is 24.0. The average molecular weight is 336 g/mol. The molecule has 0 unspecified atom stereocenters. The van der Waals surface area contributed by atoms with Gasteiger partial charge in [0.1, 0.15) is 0 Å². The van der Waals surface area contributed by atoms with Gasteiger partial charge in [-0.2, -0.15) is 0 Å². The summed E-state index contributed by atoms with van der Waals surface area (Å²) < 4.78 is 0. The van der Waals surface area contributed by atoms with Gasteiger partial charge in [-0.05, 0) is 42.0 Å². The van der Waals surface area contributed by atoms with Crippen molar-refractivity contribution in [1.82, 2.24) is 5.32 Å². The minimum Gasteiger partial charge on any atom is -0.352 e. The average Bonchev–Trinajstić information content (AvgIpc) is 3.46. The Morgan fingerprint density at radius 2 is 1.84 bits per heavy atom. The van der Waals surface area contributed by atoms with E-state index in [1.165, 1.54) is 5.56 Å². The Balaban J connectivity index is 1.49. The van der Waals surface area contributed by atoms with Crippen LogP contribution in [0, 0.1) is 5.92 Å². The molecule has 1 aliphatic rings. The molecule has 4 nitrogen and oxygen atoms in total. The van der Waals surface area contributed by atoms with Crippen molar-refractivity contribution in [2.75, 3.05) is 5.32 Å². The molecule has 2 aromatic carbocycles. The Morgan fingerprint density at radius 3 is 2.56 bits per heavy atom. The third-order valence-electron chi connectivity index (χ3n) is 4.49. The molecule has 0 aromatic heterocycles. The van der Waals surface area contributed by atoms with Gasteiger partial charge in [-0.1, -0.05) is 49.4 Å². The van der Waals surface area contributed by atoms with Crippen molar-refractivity contribution in [3.8, 4) is 0 Å². The number of hydrogen-bond acceptors (Lipinski definition) is 2. The molecule has 2 amide bonds. The van der Waals surface area contributed by atoms with Gasteiger partial charge in [0, 0.05) is 24.6 Å². The van der Waals surface area contributed by atoms with Crippen LogP contribution in [0.3, 0.4) is 0 Å². The lowest BCUT2D eigenvalue weighted by atomic mass is 9.97. The second-order valence-corrected chi connectivity index (χ2v) is 6.76. The van der Waals surface area contributed by atoms with Crippen LogP contribution in [-0.4, -0.2) is 11.8 Å². The Morgan fingerprint density at radius 1 is 1.08 bits per heavy atom. The highest BCUT2D eigenvalue weighted by atomic mass is 16.2. The molecule has 0 spiro atoms. The highest BCUT2D eigenvalue weighted by Gasteiger charge is 2.29. The second-order valence-electron chi connectivity index (χ2n) is 6.76. The molecule has 1 fully saturated rings. The smallest absolute Gasteiger partial charge is 0.227 e. The predicted octanol–water partition coefficient (Wildman–Crippen LogP) is 3.85. The molecule has 1 saturated carbocycles. The molecule has 0 aliphatic heterocycles. The molecule has 0 saturated heterocycles. The fourth-order valence-corrected chi connectivity index (χ4v) is 2.80. The number of benzene rings is 2. The quantitative estimate of drug-likeness (QED) is 0.807. The van der Waals surface area contributed by atoms with Gasteiger partial charge < -0.3 is 10.6 Å². The zero-order valence-electron chi connectivity index (χ0n) is 14.5. The van der Waals surface area contributed by atoms with Gasteiger partial charge in [0.05, 0.1) is 0 Å². The van der Waals surface area contributed by atoms with Crippen molar-refractivity contribution in [3.05, 3.63) is 65.7 Å². The summed E-state index contributed by atoms with van der Waals surface area (Å²) in [6.45, 7) is 2.52. The molecule has 0 bridgehead atoms. The van der Waals surface area contributed by atoms with Gasteiger partial charge in [0.25, 0.3) is 0 Å². The number of hydrogen-bond donors (Lipinski definition) is 2. The summed E-state index contributed by atoms with van der Waals surface area (Å²) in [5, 5.41) is 5.90. The van der Waals surface area contributed by atoms with Crippen molar-refractivity contribution in [3.63, 3.8) is 0 Å². The minimum atomic E-state index is 0.0313. The summed E-state index contributed by atoms with van der Waals surface area (Å²) in [6, 6.07) is 17.7. The van der Waals surface area contributed by atoms with Crippen LogP contribution in [0.15, 0.2) is 54.6 Å². The molecule has 4 heteroatoms. The first kappa shape index (κ1) is 17.2. The maximum absolute atomic E-state index is 12.2. The molecule has 0 heterocycles. The van der Waals surface area contributed by atoms with Crippen LogP contribution in [-0.2, 0) is 16.1 Å². The Hall–Kier alpha value is -2.62. The molecular formula is C21H24N2O2. The summed E-state index contributed by atoms with van der Waals surface area (Å²) in [6.07, 6.45) is 2.44. The Bertz CT molecular complexity index is 739. The fourth-order valence-electron chi connectivity index (χ4n) is 2.80. The molecule has 25 heavy (non-hydrogen) atoms. The summed E-state index contributed by atoms with van der Waals surface area (Å²) in [5.41, 5.74) is 2.94. The van der Waals surface area contributed by atoms with E-state index in [2.05, 4.69) is 17.6 Å². The molecule has 130 valence electrons. The first-order valence-corrected chi connectivity index (χ1v) is 8.83. The van der Waals surface area contributed by atoms with E-state index in [1.54, 1.807) is 0 Å². The van der Waals surface area contributed by atoms with Crippen molar-refractivity contribution >= 4 is 17.5 Å². The maximum Gasteiger partial charge on any atom is 0.227 e. The first-order valence-electron chi connectivity index (χ1n) is 8.83. The van der Waals surface area contributed by atoms with Crippen LogP contribution in [0.1, 0.15) is 43.2 Å². The summed E-state index contributed by atoms with van der Waals surface area (Å²) in [7, 11) is 0. The van der Waals surface area contributed by atoms with Gasteiger partial charge >= 0.3 is 0 Å². The van der Waals surface area contributed by atoms with Crippen molar-refractivity contribution in [2.45, 2.75) is 38.6 Å². The highest BCUT2D eigenvalue weighted by molar-refractivity contribution is 5.94. The van der Waals surface area contributed by atoms with Crippen LogP contribution >= 0.6 is 0 Å². The first-order chi connectivity index (χ1) is 12.1. The van der Waals surface area contributed by atoms with E-state index in [-0.39, 0.29) is 23.7 Å². The molecule has 2 N–H and O–H groups in total. The van der Waals surface area contributed by atoms with Crippen LogP contribution in [0.4, 0.5) is 5.69 Å². The molecule has 2 aromatic rings. The van der Waals surface area contributed by atoms with Gasteiger partial charge in [0.2, 0.25) is 11.8 Å². The summed E-state index contributed by atoms with van der Waals surface area (Å²) >= 11 is 0. The van der Waals surface area contributed by atoms with E-state index in [0.717, 1.165) is 24.1 Å². The van der Waals surface area contributed by atoms with Gasteiger partial charge in [-0.15, -0.1) is 0 Å². The standard InChI is InChI=1S/C21H24N2O2/c1-15(17-7-3-2-4-8-17)12-20(24)22-14-16-6-5-9-19(13-16)23-21(25)18-10-11-18/h2-9,13,15,18H,10-12,14H2,1H3,(H,22,24)(H,23,25)/t15-/m1/s1. The predicted molar refractivity (Wildman–Crippen MR) is 99.1 cm³/mol. The zero-order chi connectivity index (χ0) is 17.6. The van der Waals surface area contributed by atoms with E-state index < -0.39 is 0 Å². The third kappa shape index (κ3) is 5.18. The van der Waals surface area contributed by atoms with Crippen LogP contribution in [0.2, 0.25) is 0 Å². The zero-order valence-corrected chi connectivity index (χ0v) is 14.5. The molecule has 1 atom stereocenters. The molecule has 1 aliphatic carbocycles. The number of amides is 2. The third-order valence-corrected chi connectivity index (χ3v) is 4.49. The highest BCUT2D eigenvalue weighted by Crippen LogP contribution is 2.30. The minimum absolute atomic E-state index is 0.0313. The Kier molecular flexibility index (Phi) is 5.49. The van der Waals surface area contributed by atoms with Gasteiger partial charge in [-0.3, -0.25) is 9.59 Å². The molecule has 3 rings (SSSR count). The number of rotatable bonds is 7. The van der Waals surface area contributed by atoms with E-state index in [9.17, 15) is 9.59 Å². The van der Waals surface area contributed by atoms with Crippen LogP contribution in [0.5, 0.6) is 0 Å². The van der Waals surface area contributed by atoms with E-state index in [0.29, 0.717) is 13.0 Å². The monoisotopic (exact) mass is 336 g/mol. The molecule has 0 radical (unpaired) electrons. The number of nitrogens with one attached hydrogen (secondary N) is 2. The van der Waals surface area contributed by atoms with Gasteiger partial charge in [0.15, 0.2) is 0 Å². The molecular weight excluding hydrogens is 312 g/mol. The maximum atomic E-state index is 12.2. The van der Waals surface area contributed by atoms with Crippen LogP contribution in [0.25, 0.3) is 0 Å². The van der Waals surface area contributed by atoms with Gasteiger partial charge in [-0.25, -0.2) is 0 Å². The normalized spacial score (nSPS) is 14.6. The number of carbonyl (C=O) groups is 2. The lowest BCUT2D eigenvalue weighted by Crippen LogP contribution is -2.24. The van der Waals surface area contributed by atoms with Crippen molar-refractivity contribution in [2.24, 2.45) is 5.92 Å². The number of carbonyl (C=O) groups excluding carboxylic acids is 2. The Labute approximate surface area is 148 Å².